The summed E-state index contributed by atoms with van der Waals surface area (Å²) in [6, 6.07) is 12.1. The van der Waals surface area contributed by atoms with Gasteiger partial charge in [-0.15, -0.1) is 0 Å². The van der Waals surface area contributed by atoms with Crippen LogP contribution >= 0.6 is 0 Å². The average molecular weight is 288 g/mol. The third kappa shape index (κ3) is 3.21. The number of hydrogen-bond donors (Lipinski definition) is 3. The van der Waals surface area contributed by atoms with Gasteiger partial charge in [-0.3, -0.25) is 16.0 Å². The van der Waals surface area contributed by atoms with Crippen LogP contribution in [0.5, 0.6) is 5.75 Å². The first-order valence-corrected chi connectivity index (χ1v) is 6.40. The summed E-state index contributed by atoms with van der Waals surface area (Å²) in [5.74, 6) is 5.95. The van der Waals surface area contributed by atoms with Crippen molar-refractivity contribution in [1.29, 1.82) is 0 Å². The van der Waals surface area contributed by atoms with Crippen LogP contribution in [0.2, 0.25) is 0 Å². The molecule has 0 amide bonds. The van der Waals surface area contributed by atoms with Crippen LogP contribution in [0, 0.1) is 10.1 Å². The zero-order valence-corrected chi connectivity index (χ0v) is 11.5. The maximum atomic E-state index is 11.2. The molecule has 110 valence electrons. The molecule has 7 nitrogen and oxygen atoms in total. The highest BCUT2D eigenvalue weighted by atomic mass is 16.6. The van der Waals surface area contributed by atoms with Crippen molar-refractivity contribution < 1.29 is 9.66 Å². The third-order valence-electron chi connectivity index (χ3n) is 2.83. The Balaban J connectivity index is 2.42. The summed E-state index contributed by atoms with van der Waals surface area (Å²) >= 11 is 0. The number of nitro groups is 1. The number of anilines is 3. The van der Waals surface area contributed by atoms with Crippen molar-refractivity contribution in [2.45, 2.75) is 6.92 Å². The third-order valence-corrected chi connectivity index (χ3v) is 2.83. The van der Waals surface area contributed by atoms with E-state index in [0.717, 1.165) is 0 Å². The van der Waals surface area contributed by atoms with Crippen LogP contribution in [0.25, 0.3) is 0 Å². The number of para-hydroxylation sites is 3. The van der Waals surface area contributed by atoms with Gasteiger partial charge in [0.15, 0.2) is 0 Å². The predicted molar refractivity (Wildman–Crippen MR) is 81.8 cm³/mol. The summed E-state index contributed by atoms with van der Waals surface area (Å²) in [4.78, 5) is 10.8. The minimum atomic E-state index is -0.485. The molecule has 0 atom stereocenters. The minimum absolute atomic E-state index is 0.119. The molecule has 0 aliphatic carbocycles. The van der Waals surface area contributed by atoms with Gasteiger partial charge in [0.05, 0.1) is 17.2 Å². The number of benzene rings is 2. The van der Waals surface area contributed by atoms with Gasteiger partial charge >= 0.3 is 5.69 Å². The van der Waals surface area contributed by atoms with Gasteiger partial charge < -0.3 is 15.5 Å². The summed E-state index contributed by atoms with van der Waals surface area (Å²) in [5.41, 5.74) is 3.43. The van der Waals surface area contributed by atoms with Crippen molar-refractivity contribution in [3.63, 3.8) is 0 Å². The van der Waals surface area contributed by atoms with E-state index in [2.05, 4.69) is 10.7 Å². The fourth-order valence-electron chi connectivity index (χ4n) is 1.95. The van der Waals surface area contributed by atoms with E-state index in [4.69, 9.17) is 10.6 Å². The number of ether oxygens (including phenoxy) is 1. The summed E-state index contributed by atoms with van der Waals surface area (Å²) in [7, 11) is 0. The molecular weight excluding hydrogens is 272 g/mol. The summed E-state index contributed by atoms with van der Waals surface area (Å²) in [5, 5.41) is 14.3. The quantitative estimate of drug-likeness (QED) is 0.429. The van der Waals surface area contributed by atoms with E-state index in [9.17, 15) is 10.1 Å². The number of nitrogen functional groups attached to an aromatic ring is 1. The Morgan fingerprint density at radius 3 is 2.48 bits per heavy atom. The Bertz CT molecular complexity index is 646. The molecule has 21 heavy (non-hydrogen) atoms. The van der Waals surface area contributed by atoms with Gasteiger partial charge in [-0.25, -0.2) is 0 Å². The van der Waals surface area contributed by atoms with Gasteiger partial charge in [0, 0.05) is 0 Å². The van der Waals surface area contributed by atoms with Crippen LogP contribution < -0.4 is 21.3 Å². The molecule has 0 saturated carbocycles. The number of nitrogens with two attached hydrogens (primary N) is 1. The lowest BCUT2D eigenvalue weighted by atomic mass is 10.2. The Morgan fingerprint density at radius 1 is 1.14 bits per heavy atom. The Kier molecular flexibility index (Phi) is 4.57. The molecule has 2 aromatic carbocycles. The lowest BCUT2D eigenvalue weighted by Crippen LogP contribution is -2.10. The molecule has 7 heteroatoms. The largest absolute Gasteiger partial charge is 0.492 e. The highest BCUT2D eigenvalue weighted by Crippen LogP contribution is 2.36. The molecule has 0 fully saturated rings. The fourth-order valence-corrected chi connectivity index (χ4v) is 1.95. The average Bonchev–Trinajstić information content (AvgIpc) is 2.49. The zero-order valence-electron chi connectivity index (χ0n) is 11.5. The number of nitrogens with one attached hydrogen (secondary N) is 2. The molecule has 0 radical (unpaired) electrons. The van der Waals surface area contributed by atoms with E-state index in [0.29, 0.717) is 23.7 Å². The number of nitro benzene ring substituents is 1. The van der Waals surface area contributed by atoms with E-state index >= 15 is 0 Å². The number of hydrogen-bond acceptors (Lipinski definition) is 6. The Hall–Kier alpha value is -2.80. The standard InChI is InChI=1S/C14H16N4O3/c1-2-21-13-9-4-3-6-10(13)16-11-7-5-8-12(17-15)14(11)18(19)20/h3-9,16-17H,2,15H2,1H3. The van der Waals surface area contributed by atoms with E-state index in [1.807, 2.05) is 19.1 Å². The minimum Gasteiger partial charge on any atom is -0.492 e. The van der Waals surface area contributed by atoms with Gasteiger partial charge in [-0.1, -0.05) is 18.2 Å². The van der Waals surface area contributed by atoms with Crippen molar-refractivity contribution in [3.05, 3.63) is 52.6 Å². The second kappa shape index (κ2) is 6.58. The maximum absolute atomic E-state index is 11.2. The molecule has 0 spiro atoms. The van der Waals surface area contributed by atoms with Crippen molar-refractivity contribution in [2.75, 3.05) is 17.3 Å². The molecule has 0 aliphatic rings. The van der Waals surface area contributed by atoms with Crippen molar-refractivity contribution in [1.82, 2.24) is 0 Å². The van der Waals surface area contributed by atoms with Crippen LogP contribution in [-0.4, -0.2) is 11.5 Å². The zero-order chi connectivity index (χ0) is 15.2. The molecule has 4 N–H and O–H groups in total. The van der Waals surface area contributed by atoms with Gasteiger partial charge in [0.25, 0.3) is 0 Å². The lowest BCUT2D eigenvalue weighted by molar-refractivity contribution is -0.383. The highest BCUT2D eigenvalue weighted by Gasteiger charge is 2.19. The SMILES string of the molecule is CCOc1ccccc1Nc1cccc(NN)c1[N+](=O)[O-]. The van der Waals surface area contributed by atoms with Crippen LogP contribution in [-0.2, 0) is 0 Å². The van der Waals surface area contributed by atoms with Crippen molar-refractivity contribution in [3.8, 4) is 5.75 Å². The monoisotopic (exact) mass is 288 g/mol. The molecule has 0 saturated heterocycles. The van der Waals surface area contributed by atoms with Crippen LogP contribution in [0.4, 0.5) is 22.7 Å². The summed E-state index contributed by atoms with van der Waals surface area (Å²) in [6.07, 6.45) is 0. The van der Waals surface area contributed by atoms with E-state index < -0.39 is 4.92 Å². The predicted octanol–water partition coefficient (Wildman–Crippen LogP) is 3.02. The summed E-state index contributed by atoms with van der Waals surface area (Å²) < 4.78 is 5.49. The van der Waals surface area contributed by atoms with Gasteiger partial charge in [-0.05, 0) is 31.2 Å². The van der Waals surface area contributed by atoms with Gasteiger partial charge in [-0.2, -0.15) is 0 Å². The number of rotatable bonds is 6. The molecule has 2 rings (SSSR count). The molecule has 0 heterocycles. The topological polar surface area (TPSA) is 102 Å². The van der Waals surface area contributed by atoms with Crippen LogP contribution in [0.15, 0.2) is 42.5 Å². The maximum Gasteiger partial charge on any atom is 0.316 e. The van der Waals surface area contributed by atoms with E-state index in [1.165, 1.54) is 6.07 Å². The molecule has 0 aromatic heterocycles. The van der Waals surface area contributed by atoms with Gasteiger partial charge in [0.1, 0.15) is 17.1 Å². The lowest BCUT2D eigenvalue weighted by Gasteiger charge is -2.13. The van der Waals surface area contributed by atoms with Crippen molar-refractivity contribution in [2.24, 2.45) is 5.84 Å². The fraction of sp³-hybridized carbons (Fsp3) is 0.143. The first kappa shape index (κ1) is 14.6. The number of nitrogens with zero attached hydrogens (tertiary/aromatic N) is 1. The number of hydrazine groups is 1. The molecule has 0 bridgehead atoms. The van der Waals surface area contributed by atoms with Crippen LogP contribution in [0.3, 0.4) is 0 Å². The van der Waals surface area contributed by atoms with Crippen LogP contribution in [0.1, 0.15) is 6.92 Å². The second-order valence-corrected chi connectivity index (χ2v) is 4.16. The molecular formula is C14H16N4O3. The molecule has 0 aliphatic heterocycles. The second-order valence-electron chi connectivity index (χ2n) is 4.16. The normalized spacial score (nSPS) is 10.0. The summed E-state index contributed by atoms with van der Waals surface area (Å²) in [6.45, 7) is 2.38. The van der Waals surface area contributed by atoms with E-state index in [1.54, 1.807) is 24.3 Å². The first-order valence-electron chi connectivity index (χ1n) is 6.40. The van der Waals surface area contributed by atoms with E-state index in [-0.39, 0.29) is 11.4 Å². The first-order chi connectivity index (χ1) is 10.2. The Labute approximate surface area is 121 Å². The highest BCUT2D eigenvalue weighted by molar-refractivity contribution is 5.80. The molecule has 2 aromatic rings. The smallest absolute Gasteiger partial charge is 0.316 e. The molecule has 0 unspecified atom stereocenters. The van der Waals surface area contributed by atoms with Gasteiger partial charge in [0.2, 0.25) is 0 Å². The van der Waals surface area contributed by atoms with Crippen molar-refractivity contribution >= 4 is 22.7 Å². The Morgan fingerprint density at radius 2 is 1.81 bits per heavy atom.